The lowest BCUT2D eigenvalue weighted by molar-refractivity contribution is 0.0638. The molecule has 0 aliphatic heterocycles. The predicted molar refractivity (Wildman–Crippen MR) is 76.6 cm³/mol. The lowest BCUT2D eigenvalue weighted by Crippen LogP contribution is -2.56. The number of thiazole rings is 1. The van der Waals surface area contributed by atoms with Crippen molar-refractivity contribution in [3.05, 3.63) is 27.9 Å². The maximum absolute atomic E-state index is 12.1. The third-order valence-corrected chi connectivity index (χ3v) is 5.07. The maximum atomic E-state index is 12.1. The van der Waals surface area contributed by atoms with E-state index < -0.39 is 5.54 Å². The Morgan fingerprint density at radius 3 is 2.89 bits per heavy atom. The number of nitrogens with zero attached hydrogens (tertiary/aromatic N) is 1. The van der Waals surface area contributed by atoms with Crippen LogP contribution in [0, 0.1) is 0 Å². The zero-order valence-electron chi connectivity index (χ0n) is 10.3. The molecule has 2 aromatic heterocycles. The van der Waals surface area contributed by atoms with E-state index in [4.69, 9.17) is 0 Å². The quantitative estimate of drug-likeness (QED) is 0.911. The molecule has 0 bridgehead atoms. The molecule has 100 valence electrons. The molecule has 0 unspecified atom stereocenters. The van der Waals surface area contributed by atoms with Gasteiger partial charge >= 0.3 is 0 Å². The number of aliphatic hydroxyl groups excluding tert-OH is 1. The molecule has 0 spiro atoms. The van der Waals surface area contributed by atoms with Crippen LogP contribution < -0.4 is 5.32 Å². The molecule has 1 aliphatic rings. The van der Waals surface area contributed by atoms with Gasteiger partial charge in [0.05, 0.1) is 12.1 Å². The molecule has 0 aromatic carbocycles. The van der Waals surface area contributed by atoms with Crippen LogP contribution in [0.25, 0.3) is 10.6 Å². The lowest BCUT2D eigenvalue weighted by Gasteiger charge is -2.40. The van der Waals surface area contributed by atoms with Crippen molar-refractivity contribution in [2.45, 2.75) is 24.8 Å². The average Bonchev–Trinajstić information content (AvgIpc) is 3.02. The van der Waals surface area contributed by atoms with E-state index in [9.17, 15) is 9.90 Å². The highest BCUT2D eigenvalue weighted by atomic mass is 32.1. The summed E-state index contributed by atoms with van der Waals surface area (Å²) < 4.78 is 0. The van der Waals surface area contributed by atoms with Gasteiger partial charge in [0.15, 0.2) is 0 Å². The molecule has 2 N–H and O–H groups in total. The van der Waals surface area contributed by atoms with Gasteiger partial charge in [0.25, 0.3) is 5.91 Å². The second kappa shape index (κ2) is 5.03. The third kappa shape index (κ3) is 2.43. The summed E-state index contributed by atoms with van der Waals surface area (Å²) in [5.41, 5.74) is 1.07. The number of hydrogen-bond donors (Lipinski definition) is 2. The average molecular weight is 294 g/mol. The topological polar surface area (TPSA) is 62.2 Å². The van der Waals surface area contributed by atoms with E-state index in [2.05, 4.69) is 10.3 Å². The summed E-state index contributed by atoms with van der Waals surface area (Å²) in [5, 5.41) is 18.9. The second-order valence-corrected chi connectivity index (χ2v) is 6.43. The summed E-state index contributed by atoms with van der Waals surface area (Å²) in [7, 11) is 0. The Morgan fingerprint density at radius 1 is 1.47 bits per heavy atom. The molecule has 1 aliphatic carbocycles. The summed E-state index contributed by atoms with van der Waals surface area (Å²) in [5.74, 6) is -0.188. The Hall–Kier alpha value is -1.24. The van der Waals surface area contributed by atoms with Crippen LogP contribution in [0.4, 0.5) is 0 Å². The van der Waals surface area contributed by atoms with Crippen LogP contribution in [-0.2, 0) is 0 Å². The number of amides is 1. The number of thiophene rings is 1. The number of nitrogens with one attached hydrogen (secondary N) is 1. The Labute approximate surface area is 119 Å². The minimum absolute atomic E-state index is 0.000263. The first-order valence-electron chi connectivity index (χ1n) is 6.14. The van der Waals surface area contributed by atoms with Crippen LogP contribution in [0.5, 0.6) is 0 Å². The molecular weight excluding hydrogens is 280 g/mol. The van der Waals surface area contributed by atoms with Crippen LogP contribution in [0.2, 0.25) is 0 Å². The fourth-order valence-corrected chi connectivity index (χ4v) is 3.64. The van der Waals surface area contributed by atoms with Crippen LogP contribution in [-0.4, -0.2) is 28.1 Å². The SMILES string of the molecule is O=C(NC1(CO)CCC1)c1csc(-c2ccsc2)n1. The van der Waals surface area contributed by atoms with Crippen molar-refractivity contribution in [2.75, 3.05) is 6.61 Å². The molecule has 1 saturated carbocycles. The molecule has 3 rings (SSSR count). The number of aromatic nitrogens is 1. The molecular formula is C13H14N2O2S2. The van der Waals surface area contributed by atoms with Gasteiger partial charge in [-0.3, -0.25) is 4.79 Å². The van der Waals surface area contributed by atoms with Crippen molar-refractivity contribution < 1.29 is 9.90 Å². The van der Waals surface area contributed by atoms with Crippen LogP contribution >= 0.6 is 22.7 Å². The fraction of sp³-hybridized carbons (Fsp3) is 0.385. The summed E-state index contributed by atoms with van der Waals surface area (Å²) in [4.78, 5) is 16.5. The van der Waals surface area contributed by atoms with Crippen molar-refractivity contribution in [3.8, 4) is 10.6 Å². The van der Waals surface area contributed by atoms with Crippen molar-refractivity contribution >= 4 is 28.6 Å². The molecule has 0 atom stereocenters. The van der Waals surface area contributed by atoms with Gasteiger partial charge < -0.3 is 10.4 Å². The van der Waals surface area contributed by atoms with E-state index in [0.717, 1.165) is 29.8 Å². The molecule has 19 heavy (non-hydrogen) atoms. The molecule has 2 aromatic rings. The predicted octanol–water partition coefficient (Wildman–Crippen LogP) is 2.52. The monoisotopic (exact) mass is 294 g/mol. The Balaban J connectivity index is 1.74. The van der Waals surface area contributed by atoms with Gasteiger partial charge in [-0.05, 0) is 30.7 Å². The van der Waals surface area contributed by atoms with Crippen LogP contribution in [0.15, 0.2) is 22.2 Å². The first-order valence-corrected chi connectivity index (χ1v) is 7.96. The number of rotatable bonds is 4. The zero-order valence-corrected chi connectivity index (χ0v) is 11.9. The first kappa shape index (κ1) is 12.8. The van der Waals surface area contributed by atoms with Gasteiger partial charge in [0, 0.05) is 16.3 Å². The van der Waals surface area contributed by atoms with Gasteiger partial charge in [-0.1, -0.05) is 0 Å². The normalized spacial score (nSPS) is 16.9. The van der Waals surface area contributed by atoms with Gasteiger partial charge in [-0.25, -0.2) is 4.98 Å². The van der Waals surface area contributed by atoms with E-state index in [1.165, 1.54) is 11.3 Å². The van der Waals surface area contributed by atoms with Crippen molar-refractivity contribution in [3.63, 3.8) is 0 Å². The summed E-state index contributed by atoms with van der Waals surface area (Å²) in [6.45, 7) is 0.000263. The Morgan fingerprint density at radius 2 is 2.32 bits per heavy atom. The summed E-state index contributed by atoms with van der Waals surface area (Å²) in [6.07, 6.45) is 2.74. The van der Waals surface area contributed by atoms with Gasteiger partial charge in [0.1, 0.15) is 10.7 Å². The number of hydrogen-bond acceptors (Lipinski definition) is 5. The highest BCUT2D eigenvalue weighted by Gasteiger charge is 2.38. The van der Waals surface area contributed by atoms with E-state index in [1.54, 1.807) is 16.7 Å². The highest BCUT2D eigenvalue weighted by molar-refractivity contribution is 7.14. The maximum Gasteiger partial charge on any atom is 0.271 e. The van der Waals surface area contributed by atoms with Crippen molar-refractivity contribution in [2.24, 2.45) is 0 Å². The van der Waals surface area contributed by atoms with Crippen molar-refractivity contribution in [1.29, 1.82) is 0 Å². The van der Waals surface area contributed by atoms with Gasteiger partial charge in [-0.2, -0.15) is 11.3 Å². The van der Waals surface area contributed by atoms with E-state index >= 15 is 0 Å². The molecule has 0 saturated heterocycles. The largest absolute Gasteiger partial charge is 0.394 e. The van der Waals surface area contributed by atoms with E-state index in [0.29, 0.717) is 5.69 Å². The number of carbonyl (C=O) groups is 1. The first-order chi connectivity index (χ1) is 9.22. The standard InChI is InChI=1S/C13H14N2O2S2/c16-8-13(3-1-4-13)15-11(17)10-7-19-12(14-10)9-2-5-18-6-9/h2,5-7,16H,1,3-4,8H2,(H,15,17). The molecule has 6 heteroatoms. The number of carbonyl (C=O) groups excluding carboxylic acids is 1. The molecule has 1 amide bonds. The minimum Gasteiger partial charge on any atom is -0.394 e. The molecule has 2 heterocycles. The Kier molecular flexibility index (Phi) is 3.38. The fourth-order valence-electron chi connectivity index (χ4n) is 2.13. The molecule has 1 fully saturated rings. The minimum atomic E-state index is -0.413. The molecule has 0 radical (unpaired) electrons. The van der Waals surface area contributed by atoms with Gasteiger partial charge in [0.2, 0.25) is 0 Å². The highest BCUT2D eigenvalue weighted by Crippen LogP contribution is 2.32. The summed E-state index contributed by atoms with van der Waals surface area (Å²) >= 11 is 3.08. The van der Waals surface area contributed by atoms with Crippen LogP contribution in [0.1, 0.15) is 29.8 Å². The van der Waals surface area contributed by atoms with E-state index in [1.807, 2.05) is 16.8 Å². The second-order valence-electron chi connectivity index (χ2n) is 4.80. The van der Waals surface area contributed by atoms with Crippen LogP contribution in [0.3, 0.4) is 0 Å². The lowest BCUT2D eigenvalue weighted by atomic mass is 9.77. The third-order valence-electron chi connectivity index (χ3n) is 3.50. The Bertz CT molecular complexity index is 568. The van der Waals surface area contributed by atoms with Crippen molar-refractivity contribution in [1.82, 2.24) is 10.3 Å². The number of aliphatic hydroxyl groups is 1. The summed E-state index contributed by atoms with van der Waals surface area (Å²) in [6, 6.07) is 1.99. The molecule has 4 nitrogen and oxygen atoms in total. The smallest absolute Gasteiger partial charge is 0.271 e. The van der Waals surface area contributed by atoms with E-state index in [-0.39, 0.29) is 12.5 Å². The zero-order chi connectivity index (χ0) is 13.3. The van der Waals surface area contributed by atoms with Gasteiger partial charge in [-0.15, -0.1) is 11.3 Å².